The second-order valence-electron chi connectivity index (χ2n) is 6.53. The van der Waals surface area contributed by atoms with Crippen LogP contribution in [0.5, 0.6) is 0 Å². The molecule has 0 bridgehead atoms. The molecule has 2 amide bonds. The fourth-order valence-corrected chi connectivity index (χ4v) is 2.93. The zero-order valence-electron chi connectivity index (χ0n) is 15.4. The number of halogens is 1. The van der Waals surface area contributed by atoms with Gasteiger partial charge in [-0.2, -0.15) is 0 Å². The molecule has 2 rings (SSSR count). The predicted octanol–water partition coefficient (Wildman–Crippen LogP) is 4.14. The van der Waals surface area contributed by atoms with E-state index in [-0.39, 0.29) is 17.7 Å². The highest BCUT2D eigenvalue weighted by Gasteiger charge is 2.28. The minimum atomic E-state index is -0.572. The molecule has 0 saturated carbocycles. The van der Waals surface area contributed by atoms with Gasteiger partial charge in [-0.15, -0.1) is 0 Å². The zero-order valence-corrected chi connectivity index (χ0v) is 16.2. The Morgan fingerprint density at radius 3 is 2.42 bits per heavy atom. The van der Waals surface area contributed by atoms with Gasteiger partial charge in [-0.25, -0.2) is 0 Å². The maximum absolute atomic E-state index is 13.0. The van der Waals surface area contributed by atoms with Crippen LogP contribution < -0.4 is 5.32 Å². The molecule has 2 aromatic rings. The second kappa shape index (κ2) is 9.39. The molecule has 0 unspecified atom stereocenters. The van der Waals surface area contributed by atoms with E-state index in [0.29, 0.717) is 17.1 Å². The number of rotatable bonds is 7. The number of carbonyl (C=O) groups is 2. The highest BCUT2D eigenvalue weighted by atomic mass is 35.5. The summed E-state index contributed by atoms with van der Waals surface area (Å²) in [4.78, 5) is 27.1. The van der Waals surface area contributed by atoms with Crippen LogP contribution in [0, 0.1) is 5.92 Å². The van der Waals surface area contributed by atoms with E-state index in [4.69, 9.17) is 11.6 Å². The summed E-state index contributed by atoms with van der Waals surface area (Å²) in [5, 5.41) is 3.54. The summed E-state index contributed by atoms with van der Waals surface area (Å²) in [6.07, 6.45) is 0.788. The average Bonchev–Trinajstić information content (AvgIpc) is 2.65. The summed E-state index contributed by atoms with van der Waals surface area (Å²) in [5.41, 5.74) is 1.50. The van der Waals surface area contributed by atoms with Crippen molar-refractivity contribution in [3.05, 3.63) is 70.7 Å². The molecular formula is C21H25ClN2O2. The molecule has 1 N–H and O–H groups in total. The SMILES string of the molecule is CC[C@H](C)[C@H](NC(=O)c1ccccc1)C(=O)N(C)Cc1cccc(Cl)c1. The Hall–Kier alpha value is -2.33. The first kappa shape index (κ1) is 20.0. The van der Waals surface area contributed by atoms with Gasteiger partial charge in [0.05, 0.1) is 0 Å². The van der Waals surface area contributed by atoms with E-state index in [1.807, 2.05) is 38.1 Å². The van der Waals surface area contributed by atoms with Crippen molar-refractivity contribution in [1.82, 2.24) is 10.2 Å². The van der Waals surface area contributed by atoms with Crippen molar-refractivity contribution >= 4 is 23.4 Å². The lowest BCUT2D eigenvalue weighted by molar-refractivity contribution is -0.133. The Balaban J connectivity index is 2.12. The Labute approximate surface area is 160 Å². The van der Waals surface area contributed by atoms with Crippen LogP contribution in [-0.2, 0) is 11.3 Å². The highest BCUT2D eigenvalue weighted by molar-refractivity contribution is 6.30. The summed E-state index contributed by atoms with van der Waals surface area (Å²) in [6.45, 7) is 4.42. The third-order valence-electron chi connectivity index (χ3n) is 4.49. The minimum absolute atomic E-state index is 0.0250. The van der Waals surface area contributed by atoms with Gasteiger partial charge in [0.15, 0.2) is 0 Å². The quantitative estimate of drug-likeness (QED) is 0.793. The predicted molar refractivity (Wildman–Crippen MR) is 105 cm³/mol. The van der Waals surface area contributed by atoms with E-state index in [2.05, 4.69) is 5.32 Å². The molecule has 5 heteroatoms. The molecule has 138 valence electrons. The van der Waals surface area contributed by atoms with Crippen LogP contribution in [0.25, 0.3) is 0 Å². The van der Waals surface area contributed by atoms with E-state index in [9.17, 15) is 9.59 Å². The summed E-state index contributed by atoms with van der Waals surface area (Å²) in [5.74, 6) is -0.319. The van der Waals surface area contributed by atoms with Gasteiger partial charge in [0, 0.05) is 24.2 Å². The fraction of sp³-hybridized carbons (Fsp3) is 0.333. The number of hydrogen-bond donors (Lipinski definition) is 1. The molecule has 0 aliphatic heterocycles. The molecule has 0 aromatic heterocycles. The Kier molecular flexibility index (Phi) is 7.22. The molecule has 0 radical (unpaired) electrons. The van der Waals surface area contributed by atoms with Gasteiger partial charge in [0.25, 0.3) is 5.91 Å². The first-order valence-electron chi connectivity index (χ1n) is 8.77. The summed E-state index contributed by atoms with van der Waals surface area (Å²) in [6, 6.07) is 15.8. The van der Waals surface area contributed by atoms with Crippen molar-refractivity contribution in [2.75, 3.05) is 7.05 Å². The summed E-state index contributed by atoms with van der Waals surface area (Å²) in [7, 11) is 1.74. The molecular weight excluding hydrogens is 348 g/mol. The topological polar surface area (TPSA) is 49.4 Å². The Morgan fingerprint density at radius 2 is 1.81 bits per heavy atom. The number of hydrogen-bond acceptors (Lipinski definition) is 2. The van der Waals surface area contributed by atoms with Gasteiger partial charge in [0.2, 0.25) is 5.91 Å². The number of carbonyl (C=O) groups excluding carboxylic acids is 2. The van der Waals surface area contributed by atoms with Crippen LogP contribution in [0.1, 0.15) is 36.2 Å². The second-order valence-corrected chi connectivity index (χ2v) is 6.96. The van der Waals surface area contributed by atoms with Crippen molar-refractivity contribution in [1.29, 1.82) is 0 Å². The van der Waals surface area contributed by atoms with Crippen LogP contribution in [0.4, 0.5) is 0 Å². The lowest BCUT2D eigenvalue weighted by Gasteiger charge is -2.28. The van der Waals surface area contributed by atoms with E-state index in [1.54, 1.807) is 42.3 Å². The maximum atomic E-state index is 13.0. The molecule has 0 aliphatic rings. The van der Waals surface area contributed by atoms with Crippen LogP contribution in [0.3, 0.4) is 0 Å². The van der Waals surface area contributed by atoms with Crippen molar-refractivity contribution in [2.24, 2.45) is 5.92 Å². The normalized spacial score (nSPS) is 12.9. The molecule has 0 saturated heterocycles. The highest BCUT2D eigenvalue weighted by Crippen LogP contribution is 2.15. The number of benzene rings is 2. The lowest BCUT2D eigenvalue weighted by atomic mass is 9.97. The van der Waals surface area contributed by atoms with E-state index in [1.165, 1.54) is 0 Å². The maximum Gasteiger partial charge on any atom is 0.251 e. The monoisotopic (exact) mass is 372 g/mol. The third kappa shape index (κ3) is 5.33. The number of nitrogens with zero attached hydrogens (tertiary/aromatic N) is 1. The third-order valence-corrected chi connectivity index (χ3v) is 4.72. The summed E-state index contributed by atoms with van der Waals surface area (Å²) < 4.78 is 0. The number of likely N-dealkylation sites (N-methyl/N-ethyl adjacent to an activating group) is 1. The van der Waals surface area contributed by atoms with Crippen LogP contribution in [0.2, 0.25) is 5.02 Å². The van der Waals surface area contributed by atoms with Gasteiger partial charge in [-0.05, 0) is 35.7 Å². The van der Waals surface area contributed by atoms with E-state index in [0.717, 1.165) is 12.0 Å². The Bertz CT molecular complexity index is 749. The van der Waals surface area contributed by atoms with E-state index >= 15 is 0 Å². The molecule has 4 nitrogen and oxygen atoms in total. The first-order chi connectivity index (χ1) is 12.4. The minimum Gasteiger partial charge on any atom is -0.340 e. The Morgan fingerprint density at radius 1 is 1.12 bits per heavy atom. The molecule has 26 heavy (non-hydrogen) atoms. The molecule has 0 aliphatic carbocycles. The largest absolute Gasteiger partial charge is 0.340 e. The van der Waals surface area contributed by atoms with E-state index < -0.39 is 6.04 Å². The smallest absolute Gasteiger partial charge is 0.251 e. The van der Waals surface area contributed by atoms with Crippen LogP contribution in [-0.4, -0.2) is 29.8 Å². The first-order valence-corrected chi connectivity index (χ1v) is 9.15. The number of nitrogens with one attached hydrogen (secondary N) is 1. The standard InChI is InChI=1S/C21H25ClN2O2/c1-4-15(2)19(23-20(25)17-10-6-5-7-11-17)21(26)24(3)14-16-9-8-12-18(22)13-16/h5-13,15,19H,4,14H2,1-3H3,(H,23,25)/t15-,19-/m0/s1. The van der Waals surface area contributed by atoms with Gasteiger partial charge in [-0.3, -0.25) is 9.59 Å². The molecule has 0 fully saturated rings. The fourth-order valence-electron chi connectivity index (χ4n) is 2.72. The van der Waals surface area contributed by atoms with Crippen molar-refractivity contribution in [2.45, 2.75) is 32.9 Å². The molecule has 2 atom stereocenters. The summed E-state index contributed by atoms with van der Waals surface area (Å²) >= 11 is 6.02. The van der Waals surface area contributed by atoms with Gasteiger partial charge in [0.1, 0.15) is 6.04 Å². The van der Waals surface area contributed by atoms with Crippen molar-refractivity contribution in [3.63, 3.8) is 0 Å². The lowest BCUT2D eigenvalue weighted by Crippen LogP contribution is -2.50. The van der Waals surface area contributed by atoms with Crippen molar-refractivity contribution < 1.29 is 9.59 Å². The van der Waals surface area contributed by atoms with Gasteiger partial charge < -0.3 is 10.2 Å². The van der Waals surface area contributed by atoms with Gasteiger partial charge in [-0.1, -0.05) is 62.2 Å². The average molecular weight is 373 g/mol. The van der Waals surface area contributed by atoms with Crippen molar-refractivity contribution in [3.8, 4) is 0 Å². The molecule has 2 aromatic carbocycles. The number of amides is 2. The van der Waals surface area contributed by atoms with Crippen LogP contribution >= 0.6 is 11.6 Å². The molecule has 0 heterocycles. The molecule has 0 spiro atoms. The van der Waals surface area contributed by atoms with Crippen LogP contribution in [0.15, 0.2) is 54.6 Å². The van der Waals surface area contributed by atoms with Gasteiger partial charge >= 0.3 is 0 Å². The zero-order chi connectivity index (χ0) is 19.1.